The van der Waals surface area contributed by atoms with E-state index in [2.05, 4.69) is 45.0 Å². The van der Waals surface area contributed by atoms with Gasteiger partial charge in [-0.15, -0.1) is 17.0 Å². The summed E-state index contributed by atoms with van der Waals surface area (Å²) in [4.78, 5) is 13.6. The summed E-state index contributed by atoms with van der Waals surface area (Å²) in [6, 6.07) is 9.05. The first-order chi connectivity index (χ1) is 24.4. The Morgan fingerprint density at radius 2 is 0.843 bits per heavy atom. The van der Waals surface area contributed by atoms with Crippen LogP contribution in [0.4, 0.5) is 0 Å². The third-order valence-electron chi connectivity index (χ3n) is 11.9. The second kappa shape index (κ2) is 33.7. The maximum atomic E-state index is 13.6. The number of carbonyl (C=O) groups excluding carboxylic acids is 1. The molecule has 2 N–H and O–H groups in total. The number of hydrogen-bond acceptors (Lipinski definition) is 3. The van der Waals surface area contributed by atoms with E-state index in [-0.39, 0.29) is 23.0 Å². The molecule has 0 spiro atoms. The number of methoxy groups -OCH3 is 1. The Kier molecular flexibility index (Phi) is 33.1. The topological polar surface area (TPSA) is 52.3 Å². The fourth-order valence-electron chi connectivity index (χ4n) is 8.44. The van der Waals surface area contributed by atoms with Gasteiger partial charge in [0.15, 0.2) is 0 Å². The molecular weight excluding hydrogens is 690 g/mol. The highest BCUT2D eigenvalue weighted by Gasteiger charge is 2.52. The number of ether oxygens (including phenoxy) is 1. The lowest BCUT2D eigenvalue weighted by molar-refractivity contribution is -0.150. The van der Waals surface area contributed by atoms with Crippen molar-refractivity contribution in [1.29, 1.82) is 0 Å². The van der Waals surface area contributed by atoms with Crippen LogP contribution in [0.1, 0.15) is 244 Å². The Morgan fingerprint density at radius 1 is 0.529 bits per heavy atom. The number of benzene rings is 1. The molecule has 0 aliphatic carbocycles. The molecule has 51 heavy (non-hydrogen) atoms. The SMILES string of the molecule is Br.CCCCCCCCCCCCc1ccccc1C(CCCCCCCCCCCC)(CCCCCCCCCCCC)C(C)(N)C(=O)OC. The number of carbonyl (C=O) groups is 1. The van der Waals surface area contributed by atoms with Gasteiger partial charge in [-0.2, -0.15) is 0 Å². The quantitative estimate of drug-likeness (QED) is 0.0545. The molecule has 1 atom stereocenters. The normalized spacial score (nSPS) is 12.8. The van der Waals surface area contributed by atoms with E-state index in [0.29, 0.717) is 0 Å². The molecule has 0 aliphatic heterocycles. The Balaban J connectivity index is 0.0000250. The molecular formula is C47H88BrNO2. The number of hydrogen-bond donors (Lipinski definition) is 1. The average Bonchev–Trinajstić information content (AvgIpc) is 3.12. The van der Waals surface area contributed by atoms with Crippen LogP contribution >= 0.6 is 17.0 Å². The molecule has 300 valence electrons. The van der Waals surface area contributed by atoms with Crippen LogP contribution in [0, 0.1) is 0 Å². The van der Waals surface area contributed by atoms with E-state index >= 15 is 0 Å². The molecule has 1 rings (SSSR count). The van der Waals surface area contributed by atoms with Crippen LogP contribution in [-0.2, 0) is 21.4 Å². The third-order valence-corrected chi connectivity index (χ3v) is 11.9. The average molecular weight is 779 g/mol. The summed E-state index contributed by atoms with van der Waals surface area (Å²) in [5, 5.41) is 0. The van der Waals surface area contributed by atoms with Crippen LogP contribution in [0.2, 0.25) is 0 Å². The van der Waals surface area contributed by atoms with Gasteiger partial charge in [0.1, 0.15) is 5.54 Å². The van der Waals surface area contributed by atoms with Crippen LogP contribution in [0.15, 0.2) is 24.3 Å². The summed E-state index contributed by atoms with van der Waals surface area (Å²) < 4.78 is 5.48. The number of aryl methyl sites for hydroxylation is 1. The number of halogens is 1. The predicted molar refractivity (Wildman–Crippen MR) is 232 cm³/mol. The summed E-state index contributed by atoms with van der Waals surface area (Å²) in [5.74, 6) is -0.259. The maximum absolute atomic E-state index is 13.6. The minimum Gasteiger partial charge on any atom is -0.468 e. The van der Waals surface area contributed by atoms with Crippen molar-refractivity contribution in [3.05, 3.63) is 35.4 Å². The van der Waals surface area contributed by atoms with Gasteiger partial charge in [0.25, 0.3) is 0 Å². The zero-order valence-corrected chi connectivity index (χ0v) is 36.7. The van der Waals surface area contributed by atoms with Crippen LogP contribution in [-0.4, -0.2) is 18.6 Å². The highest BCUT2D eigenvalue weighted by Crippen LogP contribution is 2.46. The monoisotopic (exact) mass is 778 g/mol. The molecule has 0 saturated carbocycles. The van der Waals surface area contributed by atoms with E-state index < -0.39 is 11.0 Å². The predicted octanol–water partition coefficient (Wildman–Crippen LogP) is 15.5. The number of esters is 1. The van der Waals surface area contributed by atoms with Crippen molar-refractivity contribution in [2.45, 2.75) is 251 Å². The first-order valence-corrected chi connectivity index (χ1v) is 22.4. The fraction of sp³-hybridized carbons (Fsp3) is 0.851. The maximum Gasteiger partial charge on any atom is 0.326 e. The first-order valence-electron chi connectivity index (χ1n) is 22.4. The Morgan fingerprint density at radius 3 is 1.20 bits per heavy atom. The van der Waals surface area contributed by atoms with Gasteiger partial charge in [-0.05, 0) is 43.7 Å². The standard InChI is InChI=1S/C47H87NO2.BrH/c1-6-9-12-15-18-21-24-27-30-33-38-43-39-34-35-40-44(43)47(46(4,48)45(49)50-5,41-36-31-28-25-22-19-16-13-10-7-2)42-37-32-29-26-23-20-17-14-11-8-3;/h34-35,39-40H,6-33,36-38,41-42,48H2,1-5H3;1H. The van der Waals surface area contributed by atoms with Crippen molar-refractivity contribution in [2.24, 2.45) is 5.73 Å². The van der Waals surface area contributed by atoms with Gasteiger partial charge in [-0.25, -0.2) is 0 Å². The molecule has 0 amide bonds. The van der Waals surface area contributed by atoms with Crippen molar-refractivity contribution in [1.82, 2.24) is 0 Å². The smallest absolute Gasteiger partial charge is 0.326 e. The molecule has 4 heteroatoms. The zero-order valence-electron chi connectivity index (χ0n) is 34.9. The molecule has 0 radical (unpaired) electrons. The lowest BCUT2D eigenvalue weighted by Gasteiger charge is -2.46. The summed E-state index contributed by atoms with van der Waals surface area (Å²) in [6.07, 6.45) is 42.7. The van der Waals surface area contributed by atoms with Gasteiger partial charge in [0, 0.05) is 5.41 Å². The molecule has 0 heterocycles. The Hall–Kier alpha value is -0.870. The minimum atomic E-state index is -1.08. The number of nitrogens with two attached hydrogens (primary N) is 1. The van der Waals surface area contributed by atoms with Gasteiger partial charge < -0.3 is 10.5 Å². The van der Waals surface area contributed by atoms with Crippen LogP contribution in [0.25, 0.3) is 0 Å². The zero-order chi connectivity index (χ0) is 36.6. The summed E-state index contributed by atoms with van der Waals surface area (Å²) in [5.41, 5.74) is 8.51. The molecule has 0 aromatic heterocycles. The van der Waals surface area contributed by atoms with E-state index in [9.17, 15) is 4.79 Å². The molecule has 1 aromatic carbocycles. The van der Waals surface area contributed by atoms with E-state index in [1.165, 1.54) is 198 Å². The van der Waals surface area contributed by atoms with Gasteiger partial charge >= 0.3 is 5.97 Å². The van der Waals surface area contributed by atoms with Crippen molar-refractivity contribution < 1.29 is 9.53 Å². The van der Waals surface area contributed by atoms with Gasteiger partial charge in [-0.3, -0.25) is 4.79 Å². The molecule has 1 aromatic rings. The van der Waals surface area contributed by atoms with E-state index in [1.807, 2.05) is 6.92 Å². The first kappa shape index (κ1) is 50.1. The minimum absolute atomic E-state index is 0. The van der Waals surface area contributed by atoms with Gasteiger partial charge in [0.05, 0.1) is 7.11 Å². The van der Waals surface area contributed by atoms with Gasteiger partial charge in [-0.1, -0.05) is 231 Å². The second-order valence-corrected chi connectivity index (χ2v) is 16.2. The summed E-state index contributed by atoms with van der Waals surface area (Å²) in [6.45, 7) is 8.86. The van der Waals surface area contributed by atoms with Crippen LogP contribution < -0.4 is 5.73 Å². The van der Waals surface area contributed by atoms with E-state index in [1.54, 1.807) is 0 Å². The molecule has 0 fully saturated rings. The largest absolute Gasteiger partial charge is 0.468 e. The van der Waals surface area contributed by atoms with E-state index in [0.717, 1.165) is 32.1 Å². The van der Waals surface area contributed by atoms with Gasteiger partial charge in [0.2, 0.25) is 0 Å². The molecule has 1 unspecified atom stereocenters. The van der Waals surface area contributed by atoms with Crippen molar-refractivity contribution >= 4 is 23.0 Å². The Labute approximate surface area is 330 Å². The van der Waals surface area contributed by atoms with Crippen molar-refractivity contribution in [3.63, 3.8) is 0 Å². The van der Waals surface area contributed by atoms with Crippen molar-refractivity contribution in [3.8, 4) is 0 Å². The highest BCUT2D eigenvalue weighted by atomic mass is 79.9. The summed E-state index contributed by atoms with van der Waals surface area (Å²) in [7, 11) is 1.52. The van der Waals surface area contributed by atoms with E-state index in [4.69, 9.17) is 10.5 Å². The highest BCUT2D eigenvalue weighted by molar-refractivity contribution is 8.93. The lowest BCUT2D eigenvalue weighted by Crippen LogP contribution is -2.62. The van der Waals surface area contributed by atoms with Crippen molar-refractivity contribution in [2.75, 3.05) is 7.11 Å². The summed E-state index contributed by atoms with van der Waals surface area (Å²) >= 11 is 0. The lowest BCUT2D eigenvalue weighted by atomic mass is 9.59. The fourth-order valence-corrected chi connectivity index (χ4v) is 8.44. The number of unbranched alkanes of at least 4 members (excludes halogenated alkanes) is 27. The second-order valence-electron chi connectivity index (χ2n) is 16.2. The van der Waals surface area contributed by atoms with Crippen LogP contribution in [0.3, 0.4) is 0 Å². The molecule has 0 aliphatic rings. The molecule has 0 saturated heterocycles. The Bertz CT molecular complexity index is 891. The molecule has 0 bridgehead atoms. The number of rotatable bonds is 36. The van der Waals surface area contributed by atoms with Crippen LogP contribution in [0.5, 0.6) is 0 Å². The molecule has 3 nitrogen and oxygen atoms in total. The third kappa shape index (κ3) is 21.6.